The highest BCUT2D eigenvalue weighted by molar-refractivity contribution is 5.95. The summed E-state index contributed by atoms with van der Waals surface area (Å²) in [4.78, 5) is 12.0. The van der Waals surface area contributed by atoms with Crippen LogP contribution in [0.4, 0.5) is 5.69 Å². The van der Waals surface area contributed by atoms with Crippen LogP contribution in [-0.4, -0.2) is 12.5 Å². The van der Waals surface area contributed by atoms with E-state index in [2.05, 4.69) is 10.6 Å². The van der Waals surface area contributed by atoms with E-state index >= 15 is 0 Å². The number of benzene rings is 2. The topological polar surface area (TPSA) is 54.3 Å². The number of hydrogen-bond donors (Lipinski definition) is 2. The molecule has 0 fully saturated rings. The smallest absolute Gasteiger partial charge is 0.238 e. The molecule has 0 unspecified atom stereocenters. The Kier molecular flexibility index (Phi) is 4.21. The van der Waals surface area contributed by atoms with Crippen molar-refractivity contribution in [1.82, 2.24) is 5.32 Å². The van der Waals surface area contributed by atoms with E-state index in [4.69, 9.17) is 4.42 Å². The molecule has 112 valence electrons. The van der Waals surface area contributed by atoms with Crippen LogP contribution in [0.2, 0.25) is 0 Å². The Bertz CT molecular complexity index is 766. The van der Waals surface area contributed by atoms with Crippen molar-refractivity contribution in [2.24, 2.45) is 0 Å². The molecule has 1 aromatic heterocycles. The molecule has 3 rings (SSSR count). The predicted octanol–water partition coefficient (Wildman–Crippen LogP) is 3.72. The average molecular weight is 294 g/mol. The highest BCUT2D eigenvalue weighted by Gasteiger charge is 2.10. The Balaban J connectivity index is 1.58. The Morgan fingerprint density at radius 2 is 1.91 bits per heavy atom. The lowest BCUT2D eigenvalue weighted by Crippen LogP contribution is -2.29. The lowest BCUT2D eigenvalue weighted by Gasteiger charge is -2.11. The third kappa shape index (κ3) is 3.35. The van der Waals surface area contributed by atoms with Crippen LogP contribution in [-0.2, 0) is 4.79 Å². The number of amides is 1. The van der Waals surface area contributed by atoms with Crippen molar-refractivity contribution < 1.29 is 9.21 Å². The summed E-state index contributed by atoms with van der Waals surface area (Å²) in [6, 6.07) is 17.7. The van der Waals surface area contributed by atoms with Gasteiger partial charge < -0.3 is 9.73 Å². The van der Waals surface area contributed by atoms with Crippen LogP contribution in [0.1, 0.15) is 18.7 Å². The SMILES string of the molecule is C[C@@H](NCC(=O)Nc1ccc2ccccc2c1)c1ccco1. The van der Waals surface area contributed by atoms with Crippen molar-refractivity contribution in [2.75, 3.05) is 11.9 Å². The summed E-state index contributed by atoms with van der Waals surface area (Å²) in [6.45, 7) is 2.19. The molecule has 0 saturated carbocycles. The van der Waals surface area contributed by atoms with Crippen LogP contribution in [0.25, 0.3) is 10.8 Å². The fourth-order valence-electron chi connectivity index (χ4n) is 2.36. The molecule has 2 aromatic carbocycles. The average Bonchev–Trinajstić information content (AvgIpc) is 3.07. The highest BCUT2D eigenvalue weighted by atomic mass is 16.3. The first-order valence-corrected chi connectivity index (χ1v) is 7.28. The molecule has 0 aliphatic carbocycles. The molecule has 0 bridgehead atoms. The van der Waals surface area contributed by atoms with Gasteiger partial charge in [-0.3, -0.25) is 10.1 Å². The van der Waals surface area contributed by atoms with E-state index in [0.29, 0.717) is 0 Å². The highest BCUT2D eigenvalue weighted by Crippen LogP contribution is 2.18. The van der Waals surface area contributed by atoms with E-state index in [1.165, 1.54) is 0 Å². The zero-order chi connectivity index (χ0) is 15.4. The molecule has 4 nitrogen and oxygen atoms in total. The first-order valence-electron chi connectivity index (χ1n) is 7.28. The largest absolute Gasteiger partial charge is 0.468 e. The van der Waals surface area contributed by atoms with Gasteiger partial charge in [0, 0.05) is 5.69 Å². The summed E-state index contributed by atoms with van der Waals surface area (Å²) in [5.41, 5.74) is 0.802. The van der Waals surface area contributed by atoms with E-state index in [1.807, 2.05) is 61.5 Å². The zero-order valence-corrected chi connectivity index (χ0v) is 12.4. The Morgan fingerprint density at radius 1 is 1.09 bits per heavy atom. The Labute approximate surface area is 129 Å². The second-order valence-corrected chi connectivity index (χ2v) is 5.23. The molecule has 2 N–H and O–H groups in total. The van der Waals surface area contributed by atoms with E-state index in [9.17, 15) is 4.79 Å². The molecular formula is C18H18N2O2. The number of anilines is 1. The molecule has 3 aromatic rings. The predicted molar refractivity (Wildman–Crippen MR) is 87.7 cm³/mol. The number of nitrogens with one attached hydrogen (secondary N) is 2. The lowest BCUT2D eigenvalue weighted by atomic mass is 10.1. The minimum absolute atomic E-state index is 0.00245. The zero-order valence-electron chi connectivity index (χ0n) is 12.4. The van der Waals surface area contributed by atoms with Gasteiger partial charge in [0.1, 0.15) is 5.76 Å². The van der Waals surface area contributed by atoms with Crippen molar-refractivity contribution in [3.8, 4) is 0 Å². The molecule has 1 amide bonds. The van der Waals surface area contributed by atoms with E-state index in [1.54, 1.807) is 6.26 Å². The quantitative estimate of drug-likeness (QED) is 0.754. The van der Waals surface area contributed by atoms with Gasteiger partial charge in [-0.25, -0.2) is 0 Å². The van der Waals surface area contributed by atoms with Gasteiger partial charge in [0.05, 0.1) is 18.8 Å². The van der Waals surface area contributed by atoms with E-state index < -0.39 is 0 Å². The summed E-state index contributed by atoms with van der Waals surface area (Å²) in [5.74, 6) is 0.743. The van der Waals surface area contributed by atoms with Gasteiger partial charge in [-0.05, 0) is 42.0 Å². The van der Waals surface area contributed by atoms with Crippen LogP contribution < -0.4 is 10.6 Å². The number of rotatable bonds is 5. The van der Waals surface area contributed by atoms with E-state index in [0.717, 1.165) is 22.2 Å². The summed E-state index contributed by atoms with van der Waals surface area (Å²) in [7, 11) is 0. The van der Waals surface area contributed by atoms with E-state index in [-0.39, 0.29) is 18.5 Å². The Hall–Kier alpha value is -2.59. The maximum atomic E-state index is 12.0. The number of carbonyl (C=O) groups is 1. The molecular weight excluding hydrogens is 276 g/mol. The van der Waals surface area contributed by atoms with Crippen molar-refractivity contribution in [3.05, 3.63) is 66.6 Å². The van der Waals surface area contributed by atoms with Crippen LogP contribution >= 0.6 is 0 Å². The Morgan fingerprint density at radius 3 is 2.68 bits per heavy atom. The molecule has 4 heteroatoms. The molecule has 0 spiro atoms. The lowest BCUT2D eigenvalue weighted by molar-refractivity contribution is -0.115. The number of carbonyl (C=O) groups excluding carboxylic acids is 1. The third-order valence-electron chi connectivity index (χ3n) is 3.57. The van der Waals surface area contributed by atoms with Gasteiger partial charge in [-0.1, -0.05) is 30.3 Å². The summed E-state index contributed by atoms with van der Waals surface area (Å²) in [5, 5.41) is 8.31. The molecule has 1 heterocycles. The molecule has 1 atom stereocenters. The fourth-order valence-corrected chi connectivity index (χ4v) is 2.36. The van der Waals surface area contributed by atoms with Crippen LogP contribution in [0, 0.1) is 0 Å². The number of fused-ring (bicyclic) bond motifs is 1. The second-order valence-electron chi connectivity index (χ2n) is 5.23. The van der Waals surface area contributed by atoms with Gasteiger partial charge in [-0.15, -0.1) is 0 Å². The molecule has 0 saturated heterocycles. The fraction of sp³-hybridized carbons (Fsp3) is 0.167. The first kappa shape index (κ1) is 14.4. The number of hydrogen-bond acceptors (Lipinski definition) is 3. The first-order chi connectivity index (χ1) is 10.7. The van der Waals surface area contributed by atoms with Crippen LogP contribution in [0.5, 0.6) is 0 Å². The van der Waals surface area contributed by atoms with Crippen molar-refractivity contribution >= 4 is 22.4 Å². The summed E-state index contributed by atoms with van der Waals surface area (Å²) in [6.07, 6.45) is 1.63. The molecule has 0 radical (unpaired) electrons. The number of furan rings is 1. The maximum Gasteiger partial charge on any atom is 0.238 e. The second kappa shape index (κ2) is 6.45. The van der Waals surface area contributed by atoms with Crippen LogP contribution in [0.15, 0.2) is 65.3 Å². The monoisotopic (exact) mass is 294 g/mol. The van der Waals surface area contributed by atoms with Gasteiger partial charge >= 0.3 is 0 Å². The minimum atomic E-state index is -0.0753. The summed E-state index contributed by atoms with van der Waals surface area (Å²) >= 11 is 0. The standard InChI is InChI=1S/C18H18N2O2/c1-13(17-7-4-10-22-17)19-12-18(21)20-16-9-8-14-5-2-3-6-15(14)11-16/h2-11,13,19H,12H2,1H3,(H,20,21)/t13-/m1/s1. The van der Waals surface area contributed by atoms with Crippen LogP contribution in [0.3, 0.4) is 0 Å². The third-order valence-corrected chi connectivity index (χ3v) is 3.57. The normalized spacial score (nSPS) is 12.2. The molecule has 0 aliphatic heterocycles. The molecule has 0 aliphatic rings. The van der Waals surface area contributed by atoms with Crippen molar-refractivity contribution in [2.45, 2.75) is 13.0 Å². The molecule has 22 heavy (non-hydrogen) atoms. The minimum Gasteiger partial charge on any atom is -0.468 e. The van der Waals surface area contributed by atoms with Crippen molar-refractivity contribution in [3.63, 3.8) is 0 Å². The van der Waals surface area contributed by atoms with Gasteiger partial charge in [0.25, 0.3) is 0 Å². The van der Waals surface area contributed by atoms with Gasteiger partial charge in [-0.2, -0.15) is 0 Å². The summed E-state index contributed by atoms with van der Waals surface area (Å²) < 4.78 is 5.30. The van der Waals surface area contributed by atoms with Gasteiger partial charge in [0.15, 0.2) is 0 Å². The van der Waals surface area contributed by atoms with Crippen molar-refractivity contribution in [1.29, 1.82) is 0 Å². The van der Waals surface area contributed by atoms with Gasteiger partial charge in [0.2, 0.25) is 5.91 Å². The maximum absolute atomic E-state index is 12.0.